The highest BCUT2D eigenvalue weighted by Gasteiger charge is 2.54. The number of carbonyl (C=O) groups excluding carboxylic acids is 3. The van der Waals surface area contributed by atoms with Gasteiger partial charge in [0, 0.05) is 17.0 Å². The SMILES string of the molecule is CCC(O/N=C(\C(=O)NC1C(=O)N2C(C(=O)O)=C(CCl)CS[C@H]12)c1csc(NC(c2ccccc2)(c2ccccc2)c2ccccc2)n1)C(=O)OC(c1ccccc1)c1ccccc1. The Morgan fingerprint density at radius 1 is 0.844 bits per heavy atom. The van der Waals surface area contributed by atoms with Crippen LogP contribution in [-0.2, 0) is 34.3 Å². The highest BCUT2D eigenvalue weighted by atomic mass is 35.5. The van der Waals surface area contributed by atoms with Crippen LogP contribution in [0.4, 0.5) is 5.13 Å². The number of aliphatic carboxylic acids is 1. The number of carboxylic acids is 1. The summed E-state index contributed by atoms with van der Waals surface area (Å²) in [6.45, 7) is 1.73. The minimum atomic E-state index is -1.28. The lowest BCUT2D eigenvalue weighted by atomic mass is 9.77. The molecule has 0 saturated carbocycles. The minimum absolute atomic E-state index is 0.0604. The van der Waals surface area contributed by atoms with Crippen LogP contribution in [0.25, 0.3) is 0 Å². The Labute approximate surface area is 383 Å². The Hall–Kier alpha value is -6.74. The van der Waals surface area contributed by atoms with Crippen molar-refractivity contribution in [2.75, 3.05) is 16.9 Å². The molecule has 1 fully saturated rings. The number of hydrogen-bond acceptors (Lipinski definition) is 11. The number of fused-ring (bicyclic) bond motifs is 1. The molecule has 1 saturated heterocycles. The van der Waals surface area contributed by atoms with Crippen molar-refractivity contribution in [1.29, 1.82) is 0 Å². The number of halogens is 1. The lowest BCUT2D eigenvalue weighted by Gasteiger charge is -2.49. The zero-order chi connectivity index (χ0) is 44.6. The van der Waals surface area contributed by atoms with Crippen molar-refractivity contribution in [1.82, 2.24) is 15.2 Å². The maximum Gasteiger partial charge on any atom is 0.352 e. The Balaban J connectivity index is 1.14. The van der Waals surface area contributed by atoms with Gasteiger partial charge in [-0.15, -0.1) is 34.7 Å². The predicted octanol–water partition coefficient (Wildman–Crippen LogP) is 8.36. The molecule has 2 aliphatic rings. The molecule has 64 heavy (non-hydrogen) atoms. The first kappa shape index (κ1) is 43.9. The van der Waals surface area contributed by atoms with Crippen molar-refractivity contribution < 1.29 is 33.9 Å². The van der Waals surface area contributed by atoms with Crippen molar-refractivity contribution in [2.24, 2.45) is 5.16 Å². The highest BCUT2D eigenvalue weighted by molar-refractivity contribution is 8.00. The van der Waals surface area contributed by atoms with Crippen molar-refractivity contribution >= 4 is 69.3 Å². The molecule has 5 aromatic carbocycles. The molecule has 3 N–H and O–H groups in total. The van der Waals surface area contributed by atoms with E-state index in [1.54, 1.807) is 12.3 Å². The summed E-state index contributed by atoms with van der Waals surface area (Å²) < 4.78 is 6.10. The van der Waals surface area contributed by atoms with Gasteiger partial charge in [-0.2, -0.15) is 0 Å². The molecule has 0 aliphatic carbocycles. The summed E-state index contributed by atoms with van der Waals surface area (Å²) in [7, 11) is 0. The molecule has 8 rings (SSSR count). The topological polar surface area (TPSA) is 160 Å². The summed E-state index contributed by atoms with van der Waals surface area (Å²) in [4.78, 5) is 66.1. The van der Waals surface area contributed by atoms with Gasteiger partial charge >= 0.3 is 11.9 Å². The Kier molecular flexibility index (Phi) is 13.5. The molecule has 3 atom stereocenters. The van der Waals surface area contributed by atoms with Gasteiger partial charge in [0.2, 0.25) is 6.10 Å². The normalized spacial score (nSPS) is 16.6. The standard InChI is InChI=1S/C49H42ClN5O7S2/c1-2-38(47(60)61-42(31-18-8-3-9-19-31)32-20-10-4-11-21-32)62-54-39(43(56)52-40-44(57)55-41(46(58)59)33(28-50)29-63-45(40)55)37-30-64-48(51-37)53-49(34-22-12-5-13-23-34,35-24-14-6-15-25-35)36-26-16-7-17-27-36/h3-27,30,38,40,42,45H,2,28-29H2,1H3,(H,51,53)(H,52,56)(H,58,59)/b54-39-/t38?,40?,45-/m1/s1. The monoisotopic (exact) mass is 911 g/mol. The van der Waals surface area contributed by atoms with Gasteiger partial charge in [0.1, 0.15) is 28.3 Å². The zero-order valence-electron chi connectivity index (χ0n) is 34.4. The van der Waals surface area contributed by atoms with Crippen molar-refractivity contribution in [3.63, 3.8) is 0 Å². The number of thiazole rings is 1. The number of β-lactam (4-membered cyclic amide) rings is 1. The molecule has 3 heterocycles. The van der Waals surface area contributed by atoms with E-state index < -0.39 is 52.9 Å². The smallest absolute Gasteiger partial charge is 0.352 e. The van der Waals surface area contributed by atoms with Gasteiger partial charge in [-0.25, -0.2) is 14.6 Å². The molecule has 15 heteroatoms. The van der Waals surface area contributed by atoms with E-state index in [2.05, 4.69) is 15.8 Å². The average molecular weight is 912 g/mol. The second-order valence-corrected chi connectivity index (χ2v) is 17.1. The first-order valence-corrected chi connectivity index (χ1v) is 22.9. The van der Waals surface area contributed by atoms with Gasteiger partial charge in [0.25, 0.3) is 11.8 Å². The van der Waals surface area contributed by atoms with Crippen LogP contribution in [-0.4, -0.2) is 73.6 Å². The molecule has 2 unspecified atom stereocenters. The van der Waals surface area contributed by atoms with Crippen LogP contribution < -0.4 is 10.6 Å². The maximum absolute atomic E-state index is 14.5. The van der Waals surface area contributed by atoms with Crippen molar-refractivity contribution in [3.05, 3.63) is 202 Å². The number of carboxylic acid groups (broad SMARTS) is 1. The third kappa shape index (κ3) is 8.89. The number of nitrogens with zero attached hydrogens (tertiary/aromatic N) is 3. The van der Waals surface area contributed by atoms with Crippen LogP contribution >= 0.6 is 34.7 Å². The number of benzene rings is 5. The molecule has 0 bridgehead atoms. The van der Waals surface area contributed by atoms with Gasteiger partial charge in [-0.3, -0.25) is 14.5 Å². The predicted molar refractivity (Wildman–Crippen MR) is 248 cm³/mol. The van der Waals surface area contributed by atoms with Gasteiger partial charge in [0.15, 0.2) is 16.9 Å². The molecule has 2 amide bonds. The largest absolute Gasteiger partial charge is 0.477 e. The van der Waals surface area contributed by atoms with E-state index in [1.807, 2.05) is 152 Å². The third-order valence-electron chi connectivity index (χ3n) is 10.9. The fourth-order valence-corrected chi connectivity index (χ4v) is 10.2. The van der Waals surface area contributed by atoms with Gasteiger partial charge in [-0.1, -0.05) is 164 Å². The number of carbonyl (C=O) groups is 4. The van der Waals surface area contributed by atoms with Crippen LogP contribution in [0.15, 0.2) is 173 Å². The van der Waals surface area contributed by atoms with Gasteiger partial charge in [0.05, 0.1) is 0 Å². The summed E-state index contributed by atoms with van der Waals surface area (Å²) in [5.74, 6) is -3.24. The number of amides is 2. The van der Waals surface area contributed by atoms with E-state index in [0.717, 1.165) is 32.7 Å². The first-order chi connectivity index (χ1) is 31.2. The van der Waals surface area contributed by atoms with Gasteiger partial charge < -0.3 is 25.3 Å². The molecule has 2 aliphatic heterocycles. The highest BCUT2D eigenvalue weighted by Crippen LogP contribution is 2.42. The summed E-state index contributed by atoms with van der Waals surface area (Å²) in [5.41, 5.74) is 3.34. The molecule has 1 aromatic heterocycles. The fourth-order valence-electron chi connectivity index (χ4n) is 7.76. The van der Waals surface area contributed by atoms with E-state index in [0.29, 0.717) is 10.7 Å². The van der Waals surface area contributed by atoms with E-state index in [4.69, 9.17) is 26.2 Å². The van der Waals surface area contributed by atoms with Crippen LogP contribution in [0, 0.1) is 0 Å². The van der Waals surface area contributed by atoms with Crippen LogP contribution in [0.1, 0.15) is 53.0 Å². The molecule has 12 nitrogen and oxygen atoms in total. The number of ether oxygens (including phenoxy) is 1. The quantitative estimate of drug-likeness (QED) is 0.0203. The minimum Gasteiger partial charge on any atom is -0.477 e. The first-order valence-electron chi connectivity index (χ1n) is 20.4. The number of rotatable bonds is 17. The number of aromatic nitrogens is 1. The van der Waals surface area contributed by atoms with E-state index in [-0.39, 0.29) is 35.2 Å². The van der Waals surface area contributed by atoms with Crippen LogP contribution in [0.3, 0.4) is 0 Å². The van der Waals surface area contributed by atoms with Gasteiger partial charge in [-0.05, 0) is 39.8 Å². The maximum atomic E-state index is 14.5. The zero-order valence-corrected chi connectivity index (χ0v) is 36.8. The number of oxime groups is 1. The molecule has 6 aromatic rings. The summed E-state index contributed by atoms with van der Waals surface area (Å²) in [5, 5.41) is 22.1. The molecule has 0 radical (unpaired) electrons. The average Bonchev–Trinajstić information content (AvgIpc) is 3.81. The lowest BCUT2D eigenvalue weighted by molar-refractivity contribution is -0.161. The summed E-state index contributed by atoms with van der Waals surface area (Å²) in [6, 6.07) is 47.4. The number of hydrogen-bond donors (Lipinski definition) is 3. The van der Waals surface area contributed by atoms with E-state index in [9.17, 15) is 24.3 Å². The molecular weight excluding hydrogens is 870 g/mol. The molecule has 324 valence electrons. The van der Waals surface area contributed by atoms with E-state index >= 15 is 0 Å². The Morgan fingerprint density at radius 3 is 1.84 bits per heavy atom. The van der Waals surface area contributed by atoms with Crippen LogP contribution in [0.5, 0.6) is 0 Å². The number of esters is 1. The number of thioether (sulfide) groups is 1. The molecule has 0 spiro atoms. The Bertz CT molecular complexity index is 2530. The lowest BCUT2D eigenvalue weighted by Crippen LogP contribution is -2.71. The van der Waals surface area contributed by atoms with E-state index in [1.165, 1.54) is 23.1 Å². The second-order valence-electron chi connectivity index (χ2n) is 14.8. The number of alkyl halides is 1. The van der Waals surface area contributed by atoms with Crippen LogP contribution in [0.2, 0.25) is 0 Å². The Morgan fingerprint density at radius 2 is 1.36 bits per heavy atom. The summed E-state index contributed by atoms with van der Waals surface area (Å²) in [6.07, 6.45) is -1.87. The number of anilines is 1. The molecular formula is C49H42ClN5O7S2. The van der Waals surface area contributed by atoms with Crippen molar-refractivity contribution in [2.45, 2.75) is 42.5 Å². The summed E-state index contributed by atoms with van der Waals surface area (Å²) >= 11 is 8.56. The third-order valence-corrected chi connectivity index (χ3v) is 13.3. The fraction of sp³-hybridized carbons (Fsp3) is 0.184. The second kappa shape index (κ2) is 19.8. The number of nitrogens with one attached hydrogen (secondary N) is 2. The van der Waals surface area contributed by atoms with Crippen molar-refractivity contribution in [3.8, 4) is 0 Å².